The average Bonchev–Trinajstić information content (AvgIpc) is 2.64. The van der Waals surface area contributed by atoms with Crippen molar-refractivity contribution in [2.75, 3.05) is 17.6 Å². The molecule has 1 aliphatic carbocycles. The van der Waals surface area contributed by atoms with Crippen molar-refractivity contribution in [3.8, 4) is 0 Å². The molecule has 7 heteroatoms. The van der Waals surface area contributed by atoms with Crippen LogP contribution in [0, 0.1) is 12.8 Å². The summed E-state index contributed by atoms with van der Waals surface area (Å²) in [6.45, 7) is 2.40. The number of nitrogens with one attached hydrogen (secondary N) is 1. The van der Waals surface area contributed by atoms with Crippen LogP contribution in [0.25, 0.3) is 0 Å². The van der Waals surface area contributed by atoms with Gasteiger partial charge in [0.1, 0.15) is 5.82 Å². The Bertz CT molecular complexity index is 679. The van der Waals surface area contributed by atoms with E-state index in [1.54, 1.807) is 17.9 Å². The first-order valence-corrected chi connectivity index (χ1v) is 9.48. The monoisotopic (exact) mass is 360 g/mol. The van der Waals surface area contributed by atoms with Crippen LogP contribution < -0.4 is 11.1 Å². The average molecular weight is 360 g/mol. The van der Waals surface area contributed by atoms with Crippen LogP contribution in [0.15, 0.2) is 12.3 Å². The Morgan fingerprint density at radius 3 is 2.81 bits per heavy atom. The van der Waals surface area contributed by atoms with Gasteiger partial charge >= 0.3 is 11.8 Å². The Hall–Kier alpha value is -2.15. The minimum atomic E-state index is -0.640. The number of hydrogen-bond donors (Lipinski definition) is 3. The number of aliphatic hydroxyl groups excluding tert-OH is 1. The highest BCUT2D eigenvalue weighted by atomic mass is 16.3. The Morgan fingerprint density at radius 2 is 2.08 bits per heavy atom. The Balaban J connectivity index is 1.69. The van der Waals surface area contributed by atoms with Gasteiger partial charge in [0.15, 0.2) is 0 Å². The van der Waals surface area contributed by atoms with Crippen molar-refractivity contribution in [1.82, 2.24) is 9.88 Å². The van der Waals surface area contributed by atoms with Gasteiger partial charge in [0, 0.05) is 12.6 Å². The molecular formula is C19H28N4O3. The lowest BCUT2D eigenvalue weighted by Crippen LogP contribution is -2.52. The van der Waals surface area contributed by atoms with E-state index in [1.807, 2.05) is 0 Å². The van der Waals surface area contributed by atoms with Crippen molar-refractivity contribution in [2.24, 2.45) is 5.92 Å². The fourth-order valence-electron chi connectivity index (χ4n) is 4.22. The first-order valence-electron chi connectivity index (χ1n) is 9.48. The molecule has 2 heterocycles. The number of pyridine rings is 1. The highest BCUT2D eigenvalue weighted by molar-refractivity contribution is 6.39. The van der Waals surface area contributed by atoms with Crippen molar-refractivity contribution in [1.29, 1.82) is 0 Å². The minimum Gasteiger partial charge on any atom is -0.393 e. The summed E-state index contributed by atoms with van der Waals surface area (Å²) in [5.74, 6) is -0.457. The molecule has 1 saturated carbocycles. The molecule has 0 unspecified atom stereocenters. The molecule has 0 bridgehead atoms. The maximum absolute atomic E-state index is 12.8. The zero-order valence-corrected chi connectivity index (χ0v) is 15.3. The number of piperidine rings is 1. The summed E-state index contributed by atoms with van der Waals surface area (Å²) in [4.78, 5) is 31.0. The maximum atomic E-state index is 12.8. The summed E-state index contributed by atoms with van der Waals surface area (Å²) >= 11 is 0. The number of amides is 2. The molecule has 1 saturated heterocycles. The molecule has 1 aromatic heterocycles. The van der Waals surface area contributed by atoms with Gasteiger partial charge in [-0.3, -0.25) is 9.59 Å². The molecule has 26 heavy (non-hydrogen) atoms. The molecule has 4 N–H and O–H groups in total. The molecule has 0 aromatic carbocycles. The van der Waals surface area contributed by atoms with Crippen LogP contribution in [0.1, 0.15) is 50.5 Å². The number of nitrogens with two attached hydrogens (primary N) is 1. The molecule has 2 aliphatic rings. The van der Waals surface area contributed by atoms with E-state index in [9.17, 15) is 14.7 Å². The fraction of sp³-hybridized carbons (Fsp3) is 0.632. The summed E-state index contributed by atoms with van der Waals surface area (Å²) < 4.78 is 0. The van der Waals surface area contributed by atoms with Crippen LogP contribution in [0.3, 0.4) is 0 Å². The van der Waals surface area contributed by atoms with E-state index in [0.717, 1.165) is 50.5 Å². The number of likely N-dealkylation sites (tertiary alicyclic amines) is 1. The van der Waals surface area contributed by atoms with E-state index >= 15 is 0 Å². The topological polar surface area (TPSA) is 109 Å². The Morgan fingerprint density at radius 1 is 1.27 bits per heavy atom. The van der Waals surface area contributed by atoms with Crippen molar-refractivity contribution < 1.29 is 14.7 Å². The van der Waals surface area contributed by atoms with Crippen LogP contribution in [0.2, 0.25) is 0 Å². The third-order valence-electron chi connectivity index (χ3n) is 5.61. The second kappa shape index (κ2) is 8.03. The van der Waals surface area contributed by atoms with Crippen LogP contribution >= 0.6 is 0 Å². The molecular weight excluding hydrogens is 332 g/mol. The zero-order valence-electron chi connectivity index (χ0n) is 15.3. The highest BCUT2D eigenvalue weighted by Gasteiger charge is 2.37. The predicted octanol–water partition coefficient (Wildman–Crippen LogP) is 1.84. The summed E-state index contributed by atoms with van der Waals surface area (Å²) in [6, 6.07) is 1.75. The number of aliphatic hydroxyl groups is 1. The van der Waals surface area contributed by atoms with Crippen molar-refractivity contribution >= 4 is 23.3 Å². The number of carbonyl (C=O) groups excluding carboxylic acids is 2. The largest absolute Gasteiger partial charge is 0.393 e. The molecule has 0 spiro atoms. The lowest BCUT2D eigenvalue weighted by Gasteiger charge is -2.42. The number of hydrogen-bond acceptors (Lipinski definition) is 5. The predicted molar refractivity (Wildman–Crippen MR) is 99.3 cm³/mol. The zero-order chi connectivity index (χ0) is 18.7. The van der Waals surface area contributed by atoms with E-state index in [2.05, 4.69) is 10.3 Å². The second-order valence-corrected chi connectivity index (χ2v) is 7.52. The third kappa shape index (κ3) is 4.15. The van der Waals surface area contributed by atoms with E-state index < -0.39 is 11.8 Å². The van der Waals surface area contributed by atoms with Crippen molar-refractivity contribution in [3.63, 3.8) is 0 Å². The molecule has 3 atom stereocenters. The first-order chi connectivity index (χ1) is 12.5. The van der Waals surface area contributed by atoms with E-state index in [-0.39, 0.29) is 18.1 Å². The van der Waals surface area contributed by atoms with E-state index in [4.69, 9.17) is 5.73 Å². The van der Waals surface area contributed by atoms with Gasteiger partial charge < -0.3 is 21.1 Å². The van der Waals surface area contributed by atoms with Gasteiger partial charge in [-0.1, -0.05) is 6.42 Å². The number of aryl methyl sites for hydroxylation is 1. The molecule has 142 valence electrons. The van der Waals surface area contributed by atoms with E-state index in [0.29, 0.717) is 18.1 Å². The molecule has 1 aliphatic heterocycles. The van der Waals surface area contributed by atoms with Gasteiger partial charge in [0.05, 0.1) is 18.0 Å². The molecule has 0 radical (unpaired) electrons. The quantitative estimate of drug-likeness (QED) is 0.698. The van der Waals surface area contributed by atoms with Gasteiger partial charge in [-0.15, -0.1) is 0 Å². The summed E-state index contributed by atoms with van der Waals surface area (Å²) in [7, 11) is 0. The summed E-state index contributed by atoms with van der Waals surface area (Å²) in [5.41, 5.74) is 6.91. The third-order valence-corrected chi connectivity index (χ3v) is 5.61. The lowest BCUT2D eigenvalue weighted by atomic mass is 9.78. The molecule has 7 nitrogen and oxygen atoms in total. The van der Waals surface area contributed by atoms with Crippen molar-refractivity contribution in [3.05, 3.63) is 17.8 Å². The normalized spacial score (nSPS) is 26.4. The van der Waals surface area contributed by atoms with Gasteiger partial charge in [-0.05, 0) is 63.0 Å². The van der Waals surface area contributed by atoms with E-state index in [1.165, 1.54) is 6.20 Å². The Kier molecular flexibility index (Phi) is 5.76. The number of rotatable bonds is 2. The number of carbonyl (C=O) groups is 2. The van der Waals surface area contributed by atoms with Crippen LogP contribution in [0.5, 0.6) is 0 Å². The highest BCUT2D eigenvalue weighted by Crippen LogP contribution is 2.34. The number of nitrogens with zero attached hydrogens (tertiary/aromatic N) is 2. The molecule has 3 rings (SSSR count). The Labute approximate surface area is 154 Å². The maximum Gasteiger partial charge on any atom is 0.313 e. The SMILES string of the molecule is Cc1cc(NC(=O)C(=O)N2CCCC[C@H]2[C@@H]2CCC[C@H](O)C2)cnc1N. The number of nitrogen functional groups attached to an aromatic ring is 1. The summed E-state index contributed by atoms with van der Waals surface area (Å²) in [6.07, 6.45) is 7.58. The lowest BCUT2D eigenvalue weighted by molar-refractivity contribution is -0.147. The molecule has 2 amide bonds. The summed E-state index contributed by atoms with van der Waals surface area (Å²) in [5, 5.41) is 12.6. The van der Waals surface area contributed by atoms with Crippen molar-refractivity contribution in [2.45, 2.75) is 64.0 Å². The van der Waals surface area contributed by atoms with Gasteiger partial charge in [0.2, 0.25) is 0 Å². The smallest absolute Gasteiger partial charge is 0.313 e. The number of aromatic nitrogens is 1. The van der Waals surface area contributed by atoms with Crippen LogP contribution in [-0.2, 0) is 9.59 Å². The second-order valence-electron chi connectivity index (χ2n) is 7.52. The number of anilines is 2. The van der Waals surface area contributed by atoms with Crippen LogP contribution in [0.4, 0.5) is 11.5 Å². The minimum absolute atomic E-state index is 0.0447. The molecule has 1 aromatic rings. The van der Waals surface area contributed by atoms with Crippen LogP contribution in [-0.4, -0.2) is 45.5 Å². The first kappa shape index (κ1) is 18.6. The van der Waals surface area contributed by atoms with Gasteiger partial charge in [0.25, 0.3) is 0 Å². The van der Waals surface area contributed by atoms with Gasteiger partial charge in [-0.2, -0.15) is 0 Å². The molecule has 2 fully saturated rings. The standard InChI is InChI=1S/C19H28N4O3/c1-12-9-14(11-21-17(12)20)22-18(25)19(26)23-8-3-2-7-16(23)13-5-4-6-15(24)10-13/h9,11,13,15-16,24H,2-8,10H2,1H3,(H2,20,21)(H,22,25)/t13-,15+,16+/m1/s1. The fourth-order valence-corrected chi connectivity index (χ4v) is 4.22. The van der Waals surface area contributed by atoms with Gasteiger partial charge in [-0.25, -0.2) is 4.98 Å².